The number of ether oxygens (including phenoxy) is 2. The zero-order chi connectivity index (χ0) is 46.9. The van der Waals surface area contributed by atoms with E-state index in [0.29, 0.717) is 24.9 Å². The molecule has 0 bridgehead atoms. The summed E-state index contributed by atoms with van der Waals surface area (Å²) in [6.07, 6.45) is 38.8. The molecule has 2 unspecified atom stereocenters. The quantitative estimate of drug-likeness (QED) is 0.0458. The van der Waals surface area contributed by atoms with Crippen molar-refractivity contribution in [3.05, 3.63) is 0 Å². The van der Waals surface area contributed by atoms with Gasteiger partial charge in [-0.25, -0.2) is 0 Å². The van der Waals surface area contributed by atoms with Gasteiger partial charge in [-0.3, -0.25) is 19.2 Å². The van der Waals surface area contributed by atoms with Gasteiger partial charge in [0.05, 0.1) is 12.8 Å². The first-order valence-electron chi connectivity index (χ1n) is 27.5. The molecule has 10 nitrogen and oxygen atoms in total. The van der Waals surface area contributed by atoms with Crippen LogP contribution in [0.25, 0.3) is 0 Å². The predicted octanol–water partition coefficient (Wildman–Crippen LogP) is 12.5. The third-order valence-corrected chi connectivity index (χ3v) is 13.2. The Labute approximate surface area is 395 Å². The lowest BCUT2D eigenvalue weighted by atomic mass is 10.0. The van der Waals surface area contributed by atoms with Gasteiger partial charge in [-0.2, -0.15) is 0 Å². The van der Waals surface area contributed by atoms with Crippen molar-refractivity contribution in [1.29, 1.82) is 0 Å². The van der Waals surface area contributed by atoms with Crippen LogP contribution in [-0.4, -0.2) is 98.1 Å². The summed E-state index contributed by atoms with van der Waals surface area (Å²) in [5, 5.41) is 5.38. The number of carbonyl (C=O) groups is 4. The fourth-order valence-electron chi connectivity index (χ4n) is 9.04. The molecule has 0 spiro atoms. The zero-order valence-electron chi connectivity index (χ0n) is 42.9. The molecule has 10 heteroatoms. The number of nitrogens with one attached hydrogen (secondary N) is 2. The van der Waals surface area contributed by atoms with E-state index in [-0.39, 0.29) is 38.0 Å². The number of unbranched alkanes of at least 4 members (excludes halogenated alkanes) is 24. The number of nitrogens with zero attached hydrogens (tertiary/aromatic N) is 2. The van der Waals surface area contributed by atoms with Gasteiger partial charge in [-0.05, 0) is 50.6 Å². The highest BCUT2D eigenvalue weighted by atomic mass is 16.5. The largest absolute Gasteiger partial charge is 0.463 e. The first-order chi connectivity index (χ1) is 31.1. The van der Waals surface area contributed by atoms with Crippen molar-refractivity contribution in [2.45, 2.75) is 259 Å². The molecule has 1 fully saturated rings. The molecule has 1 heterocycles. The molecule has 376 valence electrons. The summed E-state index contributed by atoms with van der Waals surface area (Å²) in [6.45, 7) is 18.4. The third kappa shape index (κ3) is 34.2. The topological polar surface area (TPSA) is 117 Å². The van der Waals surface area contributed by atoms with Gasteiger partial charge in [0, 0.05) is 26.2 Å². The minimum atomic E-state index is -0.975. The Morgan fingerprint density at radius 3 is 1.03 bits per heavy atom. The van der Waals surface area contributed by atoms with E-state index in [2.05, 4.69) is 62.0 Å². The predicted molar refractivity (Wildman–Crippen MR) is 267 cm³/mol. The number of piperazine rings is 1. The lowest BCUT2D eigenvalue weighted by Gasteiger charge is -2.29. The number of esters is 2. The number of rotatable bonds is 46. The standard InChI is InChI=1S/C54H104N4O6/c1-7-11-15-19-23-25-29-33-39-57(43-47(5)35-31-27-21-17-13-9-3)41-37-51(59)63-45-49-53(61)56-50(54(62)55-49)46-64-52(60)38-42-58(40-34-30-26-24-20-16-12-8-2)44-48(6)36-32-28-22-18-14-10-4/h47-50H,7-46H2,1-6H3,(H,55,62)(H,56,61)/t47?,48?,49-,50-/m0/s1. The molecule has 64 heavy (non-hydrogen) atoms. The van der Waals surface area contributed by atoms with Crippen LogP contribution >= 0.6 is 0 Å². The van der Waals surface area contributed by atoms with Crippen LogP contribution in [0, 0.1) is 11.8 Å². The van der Waals surface area contributed by atoms with Gasteiger partial charge < -0.3 is 29.9 Å². The number of amides is 2. The molecule has 4 atom stereocenters. The van der Waals surface area contributed by atoms with E-state index in [4.69, 9.17) is 9.47 Å². The Hall–Kier alpha value is -2.20. The Balaban J connectivity index is 2.54. The molecular formula is C54H104N4O6. The van der Waals surface area contributed by atoms with Crippen LogP contribution in [0.4, 0.5) is 0 Å². The van der Waals surface area contributed by atoms with Gasteiger partial charge in [-0.15, -0.1) is 0 Å². The van der Waals surface area contributed by atoms with Crippen molar-refractivity contribution < 1.29 is 28.7 Å². The molecule has 1 aliphatic rings. The van der Waals surface area contributed by atoms with Crippen molar-refractivity contribution in [3.8, 4) is 0 Å². The zero-order valence-corrected chi connectivity index (χ0v) is 42.9. The SMILES string of the molecule is CCCCCCCCCCN(CCC(=O)OC[C@@H]1NC(=O)[C@H](COC(=O)CCN(CCCCCCCCCC)CC(C)CCCCCCCC)NC1=O)CC(C)CCCCCCCC. The monoisotopic (exact) mass is 905 g/mol. The molecular weight excluding hydrogens is 801 g/mol. The molecule has 0 saturated carbocycles. The summed E-state index contributed by atoms with van der Waals surface area (Å²) in [5.74, 6) is -0.477. The first kappa shape index (κ1) is 59.8. The third-order valence-electron chi connectivity index (χ3n) is 13.2. The van der Waals surface area contributed by atoms with Crippen molar-refractivity contribution in [2.75, 3.05) is 52.5 Å². The van der Waals surface area contributed by atoms with E-state index >= 15 is 0 Å². The highest BCUT2D eigenvalue weighted by Crippen LogP contribution is 2.17. The van der Waals surface area contributed by atoms with Crippen LogP contribution in [-0.2, 0) is 28.7 Å². The maximum absolute atomic E-state index is 13.0. The molecule has 0 radical (unpaired) electrons. The summed E-state index contributed by atoms with van der Waals surface area (Å²) >= 11 is 0. The average Bonchev–Trinajstić information content (AvgIpc) is 3.28. The summed E-state index contributed by atoms with van der Waals surface area (Å²) in [5.41, 5.74) is 0. The minimum absolute atomic E-state index is 0.221. The Morgan fingerprint density at radius 1 is 0.438 bits per heavy atom. The van der Waals surface area contributed by atoms with Crippen molar-refractivity contribution in [2.24, 2.45) is 11.8 Å². The van der Waals surface area contributed by atoms with Gasteiger partial charge in [0.1, 0.15) is 25.3 Å². The van der Waals surface area contributed by atoms with Crippen molar-refractivity contribution in [1.82, 2.24) is 20.4 Å². The fraction of sp³-hybridized carbons (Fsp3) is 0.926. The number of hydrogen-bond donors (Lipinski definition) is 2. The Bertz CT molecular complexity index is 1050. The maximum atomic E-state index is 13.0. The molecule has 0 aromatic rings. The highest BCUT2D eigenvalue weighted by molar-refractivity contribution is 5.97. The summed E-state index contributed by atoms with van der Waals surface area (Å²) in [4.78, 5) is 56.7. The normalized spacial score (nSPS) is 16.2. The van der Waals surface area contributed by atoms with Gasteiger partial charge >= 0.3 is 11.9 Å². The lowest BCUT2D eigenvalue weighted by Crippen LogP contribution is -2.64. The van der Waals surface area contributed by atoms with Crippen molar-refractivity contribution >= 4 is 23.8 Å². The van der Waals surface area contributed by atoms with E-state index < -0.39 is 23.9 Å². The van der Waals surface area contributed by atoms with Crippen LogP contribution in [0.2, 0.25) is 0 Å². The molecule has 0 aromatic heterocycles. The Kier molecular flexibility index (Phi) is 39.4. The molecule has 1 saturated heterocycles. The maximum Gasteiger partial charge on any atom is 0.307 e. The van der Waals surface area contributed by atoms with E-state index in [1.807, 2.05) is 0 Å². The molecule has 0 aromatic carbocycles. The first-order valence-corrected chi connectivity index (χ1v) is 27.5. The second-order valence-electron chi connectivity index (χ2n) is 19.9. The fourth-order valence-corrected chi connectivity index (χ4v) is 9.04. The number of carbonyl (C=O) groups excluding carboxylic acids is 4. The minimum Gasteiger partial charge on any atom is -0.463 e. The molecule has 2 amide bonds. The average molecular weight is 905 g/mol. The lowest BCUT2D eigenvalue weighted by molar-refractivity contribution is -0.152. The van der Waals surface area contributed by atoms with Crippen LogP contribution in [0.5, 0.6) is 0 Å². The molecule has 0 aliphatic carbocycles. The van der Waals surface area contributed by atoms with Gasteiger partial charge in [-0.1, -0.05) is 208 Å². The second kappa shape index (κ2) is 42.2. The Morgan fingerprint density at radius 2 is 0.719 bits per heavy atom. The van der Waals surface area contributed by atoms with Crippen LogP contribution in [0.3, 0.4) is 0 Å². The van der Waals surface area contributed by atoms with E-state index in [1.165, 1.54) is 180 Å². The highest BCUT2D eigenvalue weighted by Gasteiger charge is 2.35. The number of hydrogen-bond acceptors (Lipinski definition) is 8. The molecule has 1 aliphatic heterocycles. The van der Waals surface area contributed by atoms with Crippen LogP contribution in [0.15, 0.2) is 0 Å². The van der Waals surface area contributed by atoms with Crippen LogP contribution < -0.4 is 10.6 Å². The van der Waals surface area contributed by atoms with Gasteiger partial charge in [0.2, 0.25) is 11.8 Å². The molecule has 1 rings (SSSR count). The van der Waals surface area contributed by atoms with Gasteiger partial charge in [0.25, 0.3) is 0 Å². The van der Waals surface area contributed by atoms with Crippen molar-refractivity contribution in [3.63, 3.8) is 0 Å². The summed E-state index contributed by atoms with van der Waals surface area (Å²) in [7, 11) is 0. The smallest absolute Gasteiger partial charge is 0.307 e. The summed E-state index contributed by atoms with van der Waals surface area (Å²) in [6, 6.07) is -1.95. The van der Waals surface area contributed by atoms with E-state index in [0.717, 1.165) is 39.0 Å². The second-order valence-corrected chi connectivity index (χ2v) is 19.9. The molecule has 2 N–H and O–H groups in total. The van der Waals surface area contributed by atoms with E-state index in [9.17, 15) is 19.2 Å². The van der Waals surface area contributed by atoms with E-state index in [1.54, 1.807) is 0 Å². The van der Waals surface area contributed by atoms with Crippen LogP contribution in [0.1, 0.15) is 247 Å². The summed E-state index contributed by atoms with van der Waals surface area (Å²) < 4.78 is 11.1. The van der Waals surface area contributed by atoms with Gasteiger partial charge in [0.15, 0.2) is 0 Å².